The van der Waals surface area contributed by atoms with Crippen molar-refractivity contribution in [1.29, 1.82) is 0 Å². The molecule has 0 rings (SSSR count). The molecule has 0 bridgehead atoms. The first kappa shape index (κ1) is 20.7. The van der Waals surface area contributed by atoms with E-state index in [9.17, 15) is 19.2 Å². The van der Waals surface area contributed by atoms with E-state index in [0.717, 1.165) is 0 Å². The number of amides is 4. The van der Waals surface area contributed by atoms with Crippen LogP contribution in [0.5, 0.6) is 0 Å². The Morgan fingerprint density at radius 3 is 1.74 bits per heavy atom. The Balaban J connectivity index is 4.59. The van der Waals surface area contributed by atoms with Gasteiger partial charge in [-0.05, 0) is 41.5 Å². The summed E-state index contributed by atoms with van der Waals surface area (Å²) in [6, 6.07) is -1.31. The second kappa shape index (κ2) is 7.80. The zero-order valence-electron chi connectivity index (χ0n) is 14.3. The molecule has 1 atom stereocenters. The van der Waals surface area contributed by atoms with Gasteiger partial charge in [0.05, 0.1) is 6.42 Å². The number of primary amides is 1. The first-order valence-corrected chi connectivity index (χ1v) is 7.01. The molecule has 0 aromatic heterocycles. The smallest absolute Gasteiger partial charge is 0.414 e. The van der Waals surface area contributed by atoms with Crippen LogP contribution in [0.15, 0.2) is 0 Å². The van der Waals surface area contributed by atoms with E-state index in [2.05, 4.69) is 5.32 Å². The summed E-state index contributed by atoms with van der Waals surface area (Å²) in [5.74, 6) is -1.76. The zero-order valence-corrected chi connectivity index (χ0v) is 14.3. The van der Waals surface area contributed by atoms with Gasteiger partial charge in [0.15, 0.2) is 0 Å². The van der Waals surface area contributed by atoms with Crippen LogP contribution in [0.25, 0.3) is 0 Å². The highest BCUT2D eigenvalue weighted by atomic mass is 16.6. The molecule has 23 heavy (non-hydrogen) atoms. The maximum Gasteiger partial charge on any atom is 0.414 e. The molecule has 0 aliphatic rings. The van der Waals surface area contributed by atoms with Crippen LogP contribution in [-0.2, 0) is 19.1 Å². The van der Waals surface area contributed by atoms with Gasteiger partial charge < -0.3 is 20.5 Å². The molecule has 0 saturated carbocycles. The van der Waals surface area contributed by atoms with Crippen LogP contribution >= 0.6 is 0 Å². The summed E-state index contributed by atoms with van der Waals surface area (Å²) in [5.41, 5.74) is 3.58. The number of hydrogen-bond acceptors (Lipinski definition) is 6. The molecule has 0 aromatic rings. The van der Waals surface area contributed by atoms with Crippen molar-refractivity contribution < 1.29 is 28.7 Å². The third kappa shape index (κ3) is 11.0. The lowest BCUT2D eigenvalue weighted by molar-refractivity contribution is -0.126. The van der Waals surface area contributed by atoms with E-state index in [4.69, 9.17) is 15.2 Å². The minimum atomic E-state index is -1.31. The molecule has 1 unspecified atom stereocenters. The van der Waals surface area contributed by atoms with Gasteiger partial charge >= 0.3 is 12.2 Å². The van der Waals surface area contributed by atoms with E-state index in [1.807, 2.05) is 5.32 Å². The Morgan fingerprint density at radius 1 is 0.913 bits per heavy atom. The van der Waals surface area contributed by atoms with E-state index >= 15 is 0 Å². The van der Waals surface area contributed by atoms with E-state index in [1.165, 1.54) is 0 Å². The molecule has 9 heteroatoms. The number of carbonyl (C=O) groups excluding carboxylic acids is 4. The van der Waals surface area contributed by atoms with Crippen LogP contribution in [0.4, 0.5) is 9.59 Å². The summed E-state index contributed by atoms with van der Waals surface area (Å²) in [4.78, 5) is 46.1. The maximum atomic E-state index is 11.7. The molecule has 4 N–H and O–H groups in total. The molecule has 0 aliphatic carbocycles. The Morgan fingerprint density at radius 2 is 1.35 bits per heavy atom. The van der Waals surface area contributed by atoms with Gasteiger partial charge in [0.2, 0.25) is 11.8 Å². The number of alkyl carbamates (subject to hydrolysis) is 2. The van der Waals surface area contributed by atoms with Crippen LogP contribution in [0, 0.1) is 0 Å². The SMILES string of the molecule is CC(C)(C)OC(=O)NC(=O)CC(NC(=O)OC(C)(C)C)C(N)=O. The second-order valence-corrected chi connectivity index (χ2v) is 6.86. The summed E-state index contributed by atoms with van der Waals surface area (Å²) in [6.07, 6.45) is -2.37. The van der Waals surface area contributed by atoms with Crippen molar-refractivity contribution in [3.8, 4) is 0 Å². The first-order valence-electron chi connectivity index (χ1n) is 7.01. The predicted octanol–water partition coefficient (Wildman–Crippen LogP) is 0.806. The normalized spacial score (nSPS) is 12.8. The van der Waals surface area contributed by atoms with Gasteiger partial charge in [-0.15, -0.1) is 0 Å². The molecule has 9 nitrogen and oxygen atoms in total. The van der Waals surface area contributed by atoms with Crippen molar-refractivity contribution in [1.82, 2.24) is 10.6 Å². The van der Waals surface area contributed by atoms with Crippen LogP contribution < -0.4 is 16.4 Å². The third-order valence-corrected chi connectivity index (χ3v) is 2.06. The van der Waals surface area contributed by atoms with Gasteiger partial charge in [-0.25, -0.2) is 9.59 Å². The fourth-order valence-corrected chi connectivity index (χ4v) is 1.33. The van der Waals surface area contributed by atoms with Gasteiger partial charge in [-0.1, -0.05) is 0 Å². The molecule has 0 aromatic carbocycles. The highest BCUT2D eigenvalue weighted by molar-refractivity contribution is 5.96. The van der Waals surface area contributed by atoms with Gasteiger partial charge in [-0.3, -0.25) is 14.9 Å². The Labute approximate surface area is 135 Å². The molecule has 0 fully saturated rings. The topological polar surface area (TPSA) is 137 Å². The molecule has 0 radical (unpaired) electrons. The molecule has 0 aliphatic heterocycles. The predicted molar refractivity (Wildman–Crippen MR) is 81.3 cm³/mol. The molecule has 132 valence electrons. The lowest BCUT2D eigenvalue weighted by atomic mass is 10.2. The summed E-state index contributed by atoms with van der Waals surface area (Å²) < 4.78 is 9.86. The third-order valence-electron chi connectivity index (χ3n) is 2.06. The lowest BCUT2D eigenvalue weighted by Gasteiger charge is -2.22. The second-order valence-electron chi connectivity index (χ2n) is 6.86. The number of carbonyl (C=O) groups is 4. The quantitative estimate of drug-likeness (QED) is 0.697. The Bertz CT molecular complexity index is 476. The van der Waals surface area contributed by atoms with Crippen LogP contribution in [0.1, 0.15) is 48.0 Å². The van der Waals surface area contributed by atoms with E-state index < -0.39 is 47.7 Å². The van der Waals surface area contributed by atoms with E-state index in [-0.39, 0.29) is 0 Å². The number of nitrogens with one attached hydrogen (secondary N) is 2. The van der Waals surface area contributed by atoms with Crippen molar-refractivity contribution in [2.24, 2.45) is 5.73 Å². The van der Waals surface area contributed by atoms with Gasteiger partial charge in [0.25, 0.3) is 0 Å². The van der Waals surface area contributed by atoms with Crippen molar-refractivity contribution in [3.63, 3.8) is 0 Å². The summed E-state index contributed by atoms with van der Waals surface area (Å²) in [6.45, 7) is 9.82. The molecular weight excluding hydrogens is 306 g/mol. The summed E-state index contributed by atoms with van der Waals surface area (Å²) >= 11 is 0. The van der Waals surface area contributed by atoms with E-state index in [1.54, 1.807) is 41.5 Å². The fraction of sp³-hybridized carbons (Fsp3) is 0.714. The van der Waals surface area contributed by atoms with Crippen LogP contribution in [0.3, 0.4) is 0 Å². The van der Waals surface area contributed by atoms with Crippen molar-refractivity contribution >= 4 is 24.0 Å². The average Bonchev–Trinajstić information content (AvgIpc) is 2.21. The maximum absolute atomic E-state index is 11.7. The molecule has 0 heterocycles. The van der Waals surface area contributed by atoms with Crippen LogP contribution in [0.2, 0.25) is 0 Å². The number of ether oxygens (including phenoxy) is 2. The zero-order chi connectivity index (χ0) is 18.4. The Hall–Kier alpha value is -2.32. The minimum Gasteiger partial charge on any atom is -0.444 e. The van der Waals surface area contributed by atoms with Gasteiger partial charge in [-0.2, -0.15) is 0 Å². The summed E-state index contributed by atoms with van der Waals surface area (Å²) in [5, 5.41) is 4.12. The Kier molecular flexibility index (Phi) is 7.01. The molecule has 0 spiro atoms. The first-order chi connectivity index (χ1) is 10.2. The summed E-state index contributed by atoms with van der Waals surface area (Å²) in [7, 11) is 0. The average molecular weight is 331 g/mol. The fourth-order valence-electron chi connectivity index (χ4n) is 1.33. The van der Waals surface area contributed by atoms with Gasteiger partial charge in [0.1, 0.15) is 17.2 Å². The number of rotatable bonds is 4. The van der Waals surface area contributed by atoms with Crippen LogP contribution in [-0.4, -0.2) is 41.2 Å². The van der Waals surface area contributed by atoms with Crippen molar-refractivity contribution in [2.45, 2.75) is 65.2 Å². The number of nitrogens with two attached hydrogens (primary N) is 1. The van der Waals surface area contributed by atoms with Gasteiger partial charge in [0, 0.05) is 0 Å². The monoisotopic (exact) mass is 331 g/mol. The van der Waals surface area contributed by atoms with E-state index in [0.29, 0.717) is 0 Å². The molecule has 4 amide bonds. The lowest BCUT2D eigenvalue weighted by Crippen LogP contribution is -2.49. The highest BCUT2D eigenvalue weighted by Crippen LogP contribution is 2.08. The molecular formula is C14H25N3O6. The highest BCUT2D eigenvalue weighted by Gasteiger charge is 2.26. The standard InChI is InChI=1S/C14H25N3O6/c1-13(2,3)22-11(20)16-8(10(15)19)7-9(18)17-12(21)23-14(4,5)6/h8H,7H2,1-6H3,(H2,15,19)(H,16,20)(H,17,18,21). The number of hydrogen-bond donors (Lipinski definition) is 3. The molecule has 0 saturated heterocycles. The largest absolute Gasteiger partial charge is 0.444 e. The minimum absolute atomic E-state index is 0.520. The van der Waals surface area contributed by atoms with Crippen molar-refractivity contribution in [3.05, 3.63) is 0 Å². The number of imide groups is 1. The van der Waals surface area contributed by atoms with Crippen molar-refractivity contribution in [2.75, 3.05) is 0 Å².